The van der Waals surface area contributed by atoms with Crippen LogP contribution in [-0.2, 0) is 12.8 Å². The van der Waals surface area contributed by atoms with Crippen molar-refractivity contribution in [2.24, 2.45) is 11.3 Å². The molecule has 1 aromatic rings. The molecule has 1 aromatic carbocycles. The van der Waals surface area contributed by atoms with Gasteiger partial charge in [-0.3, -0.25) is 0 Å². The molecule has 1 fully saturated rings. The number of nitrogens with one attached hydrogen (secondary N) is 1. The number of hydrogen-bond donors (Lipinski definition) is 1. The highest BCUT2D eigenvalue weighted by Crippen LogP contribution is 2.57. The maximum Gasteiger partial charge on any atom is 0.0354 e. The van der Waals surface area contributed by atoms with Crippen LogP contribution in [0, 0.1) is 11.3 Å². The van der Waals surface area contributed by atoms with Gasteiger partial charge in [-0.2, -0.15) is 0 Å². The molecular weight excluding hydrogens is 242 g/mol. The van der Waals surface area contributed by atoms with Gasteiger partial charge in [0, 0.05) is 6.04 Å². The van der Waals surface area contributed by atoms with Crippen molar-refractivity contribution in [3.8, 4) is 0 Å². The summed E-state index contributed by atoms with van der Waals surface area (Å²) in [5.74, 6) is 0.797. The molecule has 2 unspecified atom stereocenters. The van der Waals surface area contributed by atoms with E-state index in [-0.39, 0.29) is 0 Å². The van der Waals surface area contributed by atoms with E-state index < -0.39 is 0 Å². The van der Waals surface area contributed by atoms with Crippen molar-refractivity contribution in [2.45, 2.75) is 66.3 Å². The lowest BCUT2D eigenvalue weighted by atomic mass is 9.92. The van der Waals surface area contributed by atoms with Gasteiger partial charge in [-0.25, -0.2) is 0 Å². The van der Waals surface area contributed by atoms with Crippen LogP contribution in [0.25, 0.3) is 0 Å². The van der Waals surface area contributed by atoms with Crippen LogP contribution in [-0.4, -0.2) is 6.54 Å². The monoisotopic (exact) mass is 273 g/mol. The molecule has 1 heteroatoms. The largest absolute Gasteiger partial charge is 0.310 e. The molecule has 0 amide bonds. The van der Waals surface area contributed by atoms with E-state index in [9.17, 15) is 0 Å². The fourth-order valence-corrected chi connectivity index (χ4v) is 3.38. The van der Waals surface area contributed by atoms with E-state index in [1.165, 1.54) is 29.5 Å². The molecule has 2 atom stereocenters. The molecule has 0 aromatic heterocycles. The summed E-state index contributed by atoms with van der Waals surface area (Å²) in [4.78, 5) is 0. The second kappa shape index (κ2) is 6.30. The van der Waals surface area contributed by atoms with Gasteiger partial charge in [-0.05, 0) is 60.3 Å². The lowest BCUT2D eigenvalue weighted by Crippen LogP contribution is -2.25. The third kappa shape index (κ3) is 3.25. The quantitative estimate of drug-likeness (QED) is 0.745. The van der Waals surface area contributed by atoms with E-state index in [1.807, 2.05) is 0 Å². The van der Waals surface area contributed by atoms with Crippen molar-refractivity contribution in [3.05, 3.63) is 34.9 Å². The van der Waals surface area contributed by atoms with Gasteiger partial charge in [0.15, 0.2) is 0 Å². The summed E-state index contributed by atoms with van der Waals surface area (Å²) < 4.78 is 0. The molecule has 1 N–H and O–H groups in total. The van der Waals surface area contributed by atoms with Crippen LogP contribution >= 0.6 is 0 Å². The first-order valence-electron chi connectivity index (χ1n) is 8.38. The maximum atomic E-state index is 3.79. The molecule has 112 valence electrons. The smallest absolute Gasteiger partial charge is 0.0354 e. The maximum absolute atomic E-state index is 3.79. The first kappa shape index (κ1) is 15.6. The van der Waals surface area contributed by atoms with Gasteiger partial charge in [-0.1, -0.05) is 52.8 Å². The van der Waals surface area contributed by atoms with Crippen LogP contribution in [0.1, 0.15) is 70.2 Å². The van der Waals surface area contributed by atoms with E-state index >= 15 is 0 Å². The first-order chi connectivity index (χ1) is 9.53. The molecule has 1 saturated carbocycles. The highest BCUT2D eigenvalue weighted by Gasteiger charge is 2.50. The van der Waals surface area contributed by atoms with Crippen LogP contribution < -0.4 is 5.32 Å². The van der Waals surface area contributed by atoms with E-state index in [0.717, 1.165) is 25.3 Å². The summed E-state index contributed by atoms with van der Waals surface area (Å²) in [5.41, 5.74) is 5.07. The van der Waals surface area contributed by atoms with Crippen molar-refractivity contribution in [1.29, 1.82) is 0 Å². The summed E-state index contributed by atoms with van der Waals surface area (Å²) in [5, 5.41) is 3.79. The zero-order valence-electron chi connectivity index (χ0n) is 13.9. The second-order valence-corrected chi connectivity index (χ2v) is 6.97. The molecule has 0 saturated heterocycles. The Balaban J connectivity index is 2.24. The fourth-order valence-electron chi connectivity index (χ4n) is 3.38. The van der Waals surface area contributed by atoms with Gasteiger partial charge in [0.05, 0.1) is 0 Å². The van der Waals surface area contributed by atoms with Crippen LogP contribution in [0.2, 0.25) is 0 Å². The molecule has 2 rings (SSSR count). The second-order valence-electron chi connectivity index (χ2n) is 6.97. The molecule has 0 aliphatic heterocycles. The Morgan fingerprint density at radius 1 is 1.15 bits per heavy atom. The van der Waals surface area contributed by atoms with Gasteiger partial charge in [0.2, 0.25) is 0 Å². The van der Waals surface area contributed by atoms with Gasteiger partial charge < -0.3 is 5.32 Å². The zero-order valence-corrected chi connectivity index (χ0v) is 13.9. The Hall–Kier alpha value is -0.820. The van der Waals surface area contributed by atoms with E-state index in [1.54, 1.807) is 0 Å². The molecule has 1 aliphatic carbocycles. The summed E-state index contributed by atoms with van der Waals surface area (Å²) >= 11 is 0. The van der Waals surface area contributed by atoms with Crippen molar-refractivity contribution < 1.29 is 0 Å². The van der Waals surface area contributed by atoms with Crippen molar-refractivity contribution >= 4 is 0 Å². The average molecular weight is 273 g/mol. The van der Waals surface area contributed by atoms with Crippen LogP contribution in [0.5, 0.6) is 0 Å². The third-order valence-electron chi connectivity index (χ3n) is 4.96. The summed E-state index contributed by atoms with van der Waals surface area (Å²) in [6.07, 6.45) is 4.85. The van der Waals surface area contributed by atoms with Crippen LogP contribution in [0.4, 0.5) is 0 Å². The number of benzene rings is 1. The Morgan fingerprint density at radius 2 is 1.80 bits per heavy atom. The molecular formula is C19H31N. The summed E-state index contributed by atoms with van der Waals surface area (Å²) in [6, 6.07) is 7.71. The normalized spacial score (nSPS) is 21.8. The Labute approximate surface area is 125 Å². The highest BCUT2D eigenvalue weighted by molar-refractivity contribution is 5.35. The topological polar surface area (TPSA) is 12.0 Å². The molecule has 20 heavy (non-hydrogen) atoms. The molecule has 0 bridgehead atoms. The molecule has 0 heterocycles. The van der Waals surface area contributed by atoms with Gasteiger partial charge in [-0.15, -0.1) is 0 Å². The van der Waals surface area contributed by atoms with E-state index in [0.29, 0.717) is 11.5 Å². The molecule has 1 aliphatic rings. The van der Waals surface area contributed by atoms with E-state index in [2.05, 4.69) is 58.1 Å². The fraction of sp³-hybridized carbons (Fsp3) is 0.684. The van der Waals surface area contributed by atoms with Crippen molar-refractivity contribution in [1.82, 2.24) is 5.32 Å². The SMILES string of the molecule is CCCNC(c1ccc(CC)c(CC)c1)C1CC1(C)C. The Morgan fingerprint density at radius 3 is 2.30 bits per heavy atom. The van der Waals surface area contributed by atoms with E-state index in [4.69, 9.17) is 0 Å². The lowest BCUT2D eigenvalue weighted by Gasteiger charge is -2.22. The number of rotatable bonds is 7. The lowest BCUT2D eigenvalue weighted by molar-refractivity contribution is 0.415. The van der Waals surface area contributed by atoms with Crippen LogP contribution in [0.15, 0.2) is 18.2 Å². The molecule has 0 spiro atoms. The minimum Gasteiger partial charge on any atom is -0.310 e. The third-order valence-corrected chi connectivity index (χ3v) is 4.96. The van der Waals surface area contributed by atoms with Crippen molar-refractivity contribution in [3.63, 3.8) is 0 Å². The number of hydrogen-bond acceptors (Lipinski definition) is 1. The predicted molar refractivity (Wildman–Crippen MR) is 88.1 cm³/mol. The average Bonchev–Trinajstić information content (AvgIpc) is 3.07. The number of aryl methyl sites for hydroxylation is 2. The summed E-state index contributed by atoms with van der Waals surface area (Å²) in [7, 11) is 0. The van der Waals surface area contributed by atoms with Gasteiger partial charge in [0.1, 0.15) is 0 Å². The zero-order chi connectivity index (χ0) is 14.8. The Bertz CT molecular complexity index is 447. The van der Waals surface area contributed by atoms with Crippen LogP contribution in [0.3, 0.4) is 0 Å². The van der Waals surface area contributed by atoms with Crippen molar-refractivity contribution in [2.75, 3.05) is 6.54 Å². The molecule has 1 nitrogen and oxygen atoms in total. The predicted octanol–water partition coefficient (Wildman–Crippen LogP) is 4.90. The first-order valence-corrected chi connectivity index (χ1v) is 8.38. The minimum absolute atomic E-state index is 0.515. The Kier molecular flexibility index (Phi) is 4.90. The summed E-state index contributed by atoms with van der Waals surface area (Å²) in [6.45, 7) is 12.7. The molecule has 0 radical (unpaired) electrons. The highest BCUT2D eigenvalue weighted by atomic mass is 14.9. The minimum atomic E-state index is 0.515. The van der Waals surface area contributed by atoms with Gasteiger partial charge >= 0.3 is 0 Å². The standard InChI is InChI=1S/C19H31N/c1-6-11-20-18(17-13-19(17,4)5)16-10-9-14(7-2)15(8-3)12-16/h9-10,12,17-18,20H,6-8,11,13H2,1-5H3. The van der Waals surface area contributed by atoms with Gasteiger partial charge in [0.25, 0.3) is 0 Å².